The highest BCUT2D eigenvalue weighted by Crippen LogP contribution is 2.25. The average molecular weight is 128 g/mol. The van der Waals surface area contributed by atoms with Crippen LogP contribution in [-0.2, 0) is 0 Å². The van der Waals surface area contributed by atoms with Crippen molar-refractivity contribution in [2.45, 2.75) is 25.7 Å². The van der Waals surface area contributed by atoms with E-state index in [1.54, 1.807) is 5.57 Å². The van der Waals surface area contributed by atoms with Gasteiger partial charge in [-0.1, -0.05) is 11.6 Å². The lowest BCUT2D eigenvalue weighted by Crippen LogP contribution is -1.95. The molecule has 0 aromatic rings. The summed E-state index contributed by atoms with van der Waals surface area (Å²) in [4.78, 5) is 0. The van der Waals surface area contributed by atoms with Crippen LogP contribution in [0, 0.1) is 0 Å². The summed E-state index contributed by atoms with van der Waals surface area (Å²) in [5.41, 5.74) is 1.69. The summed E-state index contributed by atoms with van der Waals surface area (Å²) >= 11 is 0. The zero-order chi connectivity index (χ0) is 5.82. The Morgan fingerprint density at radius 1 is 1.50 bits per heavy atom. The van der Waals surface area contributed by atoms with Gasteiger partial charge in [0.1, 0.15) is 0 Å². The molecule has 0 radical (unpaired) electrons. The van der Waals surface area contributed by atoms with E-state index in [-0.39, 0.29) is 0 Å². The van der Waals surface area contributed by atoms with Crippen LogP contribution in [0.25, 0.3) is 0 Å². The molecule has 0 spiro atoms. The Labute approximate surface area is 53.6 Å². The van der Waals surface area contributed by atoms with Gasteiger partial charge < -0.3 is 0 Å². The van der Waals surface area contributed by atoms with Crippen LogP contribution >= 0.6 is 9.24 Å². The van der Waals surface area contributed by atoms with Crippen LogP contribution in [-0.4, -0.2) is 6.16 Å². The monoisotopic (exact) mass is 128 g/mol. The smallest absolute Gasteiger partial charge is 0.0313 e. The van der Waals surface area contributed by atoms with Crippen LogP contribution in [0.5, 0.6) is 0 Å². The minimum absolute atomic E-state index is 1.23. The first-order valence-corrected chi connectivity index (χ1v) is 4.13. The number of hydrogen-bond donors (Lipinski definition) is 0. The second-order valence-electron chi connectivity index (χ2n) is 2.29. The van der Waals surface area contributed by atoms with E-state index >= 15 is 0 Å². The minimum atomic E-state index is 1.23. The second kappa shape index (κ2) is 3.25. The molecule has 1 atom stereocenters. The molecule has 0 aromatic heterocycles. The summed E-state index contributed by atoms with van der Waals surface area (Å²) in [6, 6.07) is 0. The molecule has 1 saturated carbocycles. The van der Waals surface area contributed by atoms with E-state index in [9.17, 15) is 0 Å². The summed E-state index contributed by atoms with van der Waals surface area (Å²) in [5, 5.41) is 0. The average Bonchev–Trinajstić information content (AvgIpc) is 1.63. The normalized spacial score (nSPS) is 17.9. The molecule has 8 heavy (non-hydrogen) atoms. The van der Waals surface area contributed by atoms with E-state index in [0.717, 1.165) is 0 Å². The molecule has 46 valence electrons. The van der Waals surface area contributed by atoms with Gasteiger partial charge in [0.25, 0.3) is 0 Å². The van der Waals surface area contributed by atoms with E-state index in [0.29, 0.717) is 0 Å². The Kier molecular flexibility index (Phi) is 2.55. The zero-order valence-electron chi connectivity index (χ0n) is 5.19. The fourth-order valence-electron chi connectivity index (χ4n) is 0.872. The lowest BCUT2D eigenvalue weighted by molar-refractivity contribution is 0.657. The van der Waals surface area contributed by atoms with Crippen molar-refractivity contribution in [3.05, 3.63) is 11.6 Å². The van der Waals surface area contributed by atoms with Crippen LogP contribution in [0.2, 0.25) is 0 Å². The molecular weight excluding hydrogens is 115 g/mol. The van der Waals surface area contributed by atoms with E-state index in [1.807, 2.05) is 0 Å². The maximum absolute atomic E-state index is 2.75. The Hall–Kier alpha value is 0.170. The van der Waals surface area contributed by atoms with Crippen LogP contribution in [0.4, 0.5) is 0 Å². The molecule has 0 saturated heterocycles. The van der Waals surface area contributed by atoms with Gasteiger partial charge in [-0.05, 0) is 31.8 Å². The molecule has 1 aliphatic carbocycles. The molecule has 0 N–H and O–H groups in total. The minimum Gasteiger partial charge on any atom is -0.137 e. The third-order valence-electron chi connectivity index (χ3n) is 1.60. The number of rotatable bonds is 2. The Balaban J connectivity index is 2.11. The van der Waals surface area contributed by atoms with Gasteiger partial charge in [-0.15, -0.1) is 9.24 Å². The molecule has 0 aromatic carbocycles. The molecule has 0 heterocycles. The van der Waals surface area contributed by atoms with E-state index < -0.39 is 0 Å². The predicted octanol–water partition coefficient (Wildman–Crippen LogP) is 2.36. The lowest BCUT2D eigenvalue weighted by atomic mass is 9.92. The first kappa shape index (κ1) is 6.29. The predicted molar refractivity (Wildman–Crippen MR) is 41.1 cm³/mol. The molecular formula is C7H13P. The molecule has 1 rings (SSSR count). The van der Waals surface area contributed by atoms with Gasteiger partial charge in [0, 0.05) is 0 Å². The maximum Gasteiger partial charge on any atom is -0.0313 e. The topological polar surface area (TPSA) is 0 Å². The summed E-state index contributed by atoms with van der Waals surface area (Å²) in [6.45, 7) is 0. The summed E-state index contributed by atoms with van der Waals surface area (Å²) < 4.78 is 0. The third-order valence-corrected chi connectivity index (χ3v) is 1.93. The number of allylic oxidation sites excluding steroid dienone is 2. The highest BCUT2D eigenvalue weighted by molar-refractivity contribution is 7.16. The molecule has 0 nitrogen and oxygen atoms in total. The van der Waals surface area contributed by atoms with E-state index in [1.165, 1.54) is 31.8 Å². The van der Waals surface area contributed by atoms with E-state index in [2.05, 4.69) is 15.3 Å². The van der Waals surface area contributed by atoms with Gasteiger partial charge in [-0.25, -0.2) is 0 Å². The molecule has 0 amide bonds. The van der Waals surface area contributed by atoms with Gasteiger partial charge in [0.05, 0.1) is 0 Å². The molecule has 0 bridgehead atoms. The van der Waals surface area contributed by atoms with Crippen molar-refractivity contribution in [2.24, 2.45) is 0 Å². The Bertz CT molecular complexity index is 88.6. The quantitative estimate of drug-likeness (QED) is 0.395. The van der Waals surface area contributed by atoms with Crippen LogP contribution in [0.1, 0.15) is 25.7 Å². The standard InChI is InChI=1S/C7H13P/c8-6-2-5-7-3-1-4-7/h5H,1-4,6,8H2. The van der Waals surface area contributed by atoms with Gasteiger partial charge in [0.15, 0.2) is 0 Å². The fraction of sp³-hybridized carbons (Fsp3) is 0.714. The third kappa shape index (κ3) is 1.59. The van der Waals surface area contributed by atoms with Crippen LogP contribution in [0.15, 0.2) is 11.6 Å². The van der Waals surface area contributed by atoms with Crippen molar-refractivity contribution in [2.75, 3.05) is 6.16 Å². The largest absolute Gasteiger partial charge is 0.137 e. The molecule has 1 aliphatic rings. The molecule has 0 aliphatic heterocycles. The Morgan fingerprint density at radius 3 is 2.62 bits per heavy atom. The van der Waals surface area contributed by atoms with Crippen molar-refractivity contribution in [3.8, 4) is 0 Å². The van der Waals surface area contributed by atoms with Crippen LogP contribution in [0.3, 0.4) is 0 Å². The van der Waals surface area contributed by atoms with Gasteiger partial charge in [-0.3, -0.25) is 0 Å². The van der Waals surface area contributed by atoms with E-state index in [4.69, 9.17) is 0 Å². The lowest BCUT2D eigenvalue weighted by Gasteiger charge is -2.15. The fourth-order valence-corrected chi connectivity index (χ4v) is 1.04. The summed E-state index contributed by atoms with van der Waals surface area (Å²) in [6.07, 6.45) is 9.07. The van der Waals surface area contributed by atoms with Crippen molar-refractivity contribution in [3.63, 3.8) is 0 Å². The highest BCUT2D eigenvalue weighted by atomic mass is 31.0. The molecule has 1 fully saturated rings. The van der Waals surface area contributed by atoms with Crippen molar-refractivity contribution in [1.29, 1.82) is 0 Å². The number of hydrogen-bond acceptors (Lipinski definition) is 0. The Morgan fingerprint density at radius 2 is 2.25 bits per heavy atom. The first-order chi connectivity index (χ1) is 3.93. The second-order valence-corrected chi connectivity index (χ2v) is 2.87. The summed E-state index contributed by atoms with van der Waals surface area (Å²) in [5.74, 6) is 0. The molecule has 1 heteroatoms. The maximum atomic E-state index is 2.75. The zero-order valence-corrected chi connectivity index (χ0v) is 6.34. The molecule has 1 unspecified atom stereocenters. The SMILES string of the molecule is PCCC=C1CCC1. The van der Waals surface area contributed by atoms with Crippen molar-refractivity contribution in [1.82, 2.24) is 0 Å². The van der Waals surface area contributed by atoms with Gasteiger partial charge >= 0.3 is 0 Å². The highest BCUT2D eigenvalue weighted by Gasteiger charge is 2.05. The van der Waals surface area contributed by atoms with Crippen molar-refractivity contribution >= 4 is 9.24 Å². The van der Waals surface area contributed by atoms with Gasteiger partial charge in [0.2, 0.25) is 0 Å². The van der Waals surface area contributed by atoms with Crippen LogP contribution < -0.4 is 0 Å². The van der Waals surface area contributed by atoms with Gasteiger partial charge in [-0.2, -0.15) is 0 Å². The first-order valence-electron chi connectivity index (χ1n) is 3.31. The van der Waals surface area contributed by atoms with Crippen molar-refractivity contribution < 1.29 is 0 Å². The summed E-state index contributed by atoms with van der Waals surface area (Å²) in [7, 11) is 2.75.